The second kappa shape index (κ2) is 9.88. The summed E-state index contributed by atoms with van der Waals surface area (Å²) >= 11 is 7.75. The Labute approximate surface area is 223 Å². The van der Waals surface area contributed by atoms with Crippen LogP contribution in [0.4, 0.5) is 10.8 Å². The zero-order valence-corrected chi connectivity index (χ0v) is 22.0. The van der Waals surface area contributed by atoms with E-state index in [0.29, 0.717) is 23.1 Å². The number of amides is 1. The molecule has 3 aromatic carbocycles. The van der Waals surface area contributed by atoms with Gasteiger partial charge in [-0.15, -0.1) is 0 Å². The van der Waals surface area contributed by atoms with Gasteiger partial charge >= 0.3 is 5.91 Å². The van der Waals surface area contributed by atoms with E-state index in [2.05, 4.69) is 4.98 Å². The first kappa shape index (κ1) is 24.8. The molecular weight excluding hydrogens is 510 g/mol. The number of fused-ring (bicyclic) bond motifs is 1. The van der Waals surface area contributed by atoms with Crippen molar-refractivity contribution in [3.8, 4) is 5.75 Å². The molecule has 1 aliphatic heterocycles. The summed E-state index contributed by atoms with van der Waals surface area (Å²) in [6, 6.07) is 18.9. The van der Waals surface area contributed by atoms with E-state index in [1.54, 1.807) is 18.2 Å². The van der Waals surface area contributed by atoms with Crippen molar-refractivity contribution in [3.63, 3.8) is 0 Å². The van der Waals surface area contributed by atoms with Crippen LogP contribution in [0.2, 0.25) is 5.02 Å². The van der Waals surface area contributed by atoms with Gasteiger partial charge < -0.3 is 14.7 Å². The van der Waals surface area contributed by atoms with E-state index in [4.69, 9.17) is 16.3 Å². The molecule has 4 aromatic rings. The summed E-state index contributed by atoms with van der Waals surface area (Å²) < 4.78 is 6.45. The lowest BCUT2D eigenvalue weighted by Gasteiger charge is -2.24. The Morgan fingerprint density at radius 3 is 2.51 bits per heavy atom. The summed E-state index contributed by atoms with van der Waals surface area (Å²) in [6.45, 7) is 2.26. The lowest BCUT2D eigenvalue weighted by atomic mass is 9.95. The van der Waals surface area contributed by atoms with E-state index >= 15 is 0 Å². The van der Waals surface area contributed by atoms with Gasteiger partial charge in [0.15, 0.2) is 5.13 Å². The maximum Gasteiger partial charge on any atom is 0.301 e. The number of hydrogen-bond donors (Lipinski definition) is 1. The summed E-state index contributed by atoms with van der Waals surface area (Å²) in [4.78, 5) is 34.9. The van der Waals surface area contributed by atoms with Crippen LogP contribution in [-0.2, 0) is 9.59 Å². The molecule has 0 bridgehead atoms. The average Bonchev–Trinajstić information content (AvgIpc) is 3.43. The predicted molar refractivity (Wildman–Crippen MR) is 148 cm³/mol. The fraction of sp³-hybridized carbons (Fsp3) is 0.179. The second-order valence-electron chi connectivity index (χ2n) is 8.69. The molecule has 1 saturated heterocycles. The number of Topliss-reactive ketones (excluding diaryl/α,β-unsaturated/α-hetero) is 1. The number of carbonyl (C=O) groups excluding carboxylic acids is 2. The average molecular weight is 534 g/mol. The number of nitrogens with zero attached hydrogens (tertiary/aromatic N) is 3. The van der Waals surface area contributed by atoms with E-state index in [0.717, 1.165) is 15.9 Å². The van der Waals surface area contributed by atoms with Gasteiger partial charge in [-0.1, -0.05) is 47.2 Å². The number of benzene rings is 3. The van der Waals surface area contributed by atoms with E-state index in [1.807, 2.05) is 74.4 Å². The van der Waals surface area contributed by atoms with Crippen LogP contribution in [0.25, 0.3) is 16.0 Å². The van der Waals surface area contributed by atoms with Gasteiger partial charge in [0, 0.05) is 25.3 Å². The van der Waals surface area contributed by atoms with Crippen molar-refractivity contribution in [2.75, 3.05) is 30.5 Å². The van der Waals surface area contributed by atoms with Gasteiger partial charge in [0.1, 0.15) is 11.5 Å². The Hall–Kier alpha value is -3.88. The van der Waals surface area contributed by atoms with Gasteiger partial charge in [-0.25, -0.2) is 4.98 Å². The summed E-state index contributed by atoms with van der Waals surface area (Å²) in [5, 5.41) is 12.1. The summed E-state index contributed by atoms with van der Waals surface area (Å²) in [7, 11) is 3.85. The van der Waals surface area contributed by atoms with E-state index in [1.165, 1.54) is 16.2 Å². The van der Waals surface area contributed by atoms with Gasteiger partial charge in [-0.05, 0) is 55.0 Å². The number of aliphatic hydroxyl groups excluding tert-OH is 1. The van der Waals surface area contributed by atoms with Crippen LogP contribution in [0.5, 0.6) is 5.75 Å². The second-order valence-corrected chi connectivity index (χ2v) is 10.1. The van der Waals surface area contributed by atoms with E-state index < -0.39 is 17.7 Å². The standard InChI is InChI=1S/C28H24ClN3O4S/c1-4-36-18-13-14-20(29)19(15-18)25(33)23-24(16-9-11-17(12-10-16)31(2)3)32(27(35)26(23)34)28-30-21-7-5-6-8-22(21)37-28/h5-15,24,33H,4H2,1-3H3/b25-23+. The molecular formula is C28H24ClN3O4S. The van der Waals surface area contributed by atoms with Gasteiger partial charge in [0.25, 0.3) is 5.78 Å². The molecule has 7 nitrogen and oxygen atoms in total. The number of hydrogen-bond acceptors (Lipinski definition) is 7. The van der Waals surface area contributed by atoms with Crippen molar-refractivity contribution in [3.05, 3.63) is 88.5 Å². The maximum absolute atomic E-state index is 13.5. The van der Waals surface area contributed by atoms with Crippen molar-refractivity contribution >= 4 is 61.4 Å². The number of halogens is 1. The van der Waals surface area contributed by atoms with Crippen LogP contribution in [0.15, 0.2) is 72.3 Å². The number of anilines is 2. The lowest BCUT2D eigenvalue weighted by molar-refractivity contribution is -0.132. The van der Waals surface area contributed by atoms with Gasteiger partial charge in [-0.3, -0.25) is 14.5 Å². The molecule has 1 atom stereocenters. The lowest BCUT2D eigenvalue weighted by Crippen LogP contribution is -2.29. The smallest absolute Gasteiger partial charge is 0.301 e. The van der Waals surface area contributed by atoms with Gasteiger partial charge in [-0.2, -0.15) is 0 Å². The van der Waals surface area contributed by atoms with Gasteiger partial charge in [0.05, 0.1) is 33.5 Å². The van der Waals surface area contributed by atoms with Crippen LogP contribution in [0.1, 0.15) is 24.1 Å². The fourth-order valence-corrected chi connectivity index (χ4v) is 5.55. The molecule has 1 fully saturated rings. The van der Waals surface area contributed by atoms with Crippen molar-refractivity contribution in [2.24, 2.45) is 0 Å². The Morgan fingerprint density at radius 1 is 1.11 bits per heavy atom. The Kier molecular flexibility index (Phi) is 6.62. The number of para-hydroxylation sites is 1. The molecule has 1 amide bonds. The number of aliphatic hydroxyl groups is 1. The minimum Gasteiger partial charge on any atom is -0.507 e. The minimum atomic E-state index is -0.899. The highest BCUT2D eigenvalue weighted by Gasteiger charge is 2.48. The first-order valence-corrected chi connectivity index (χ1v) is 12.9. The summed E-state index contributed by atoms with van der Waals surface area (Å²) in [6.07, 6.45) is 0. The Balaban J connectivity index is 1.72. The SMILES string of the molecule is CCOc1ccc(Cl)c(/C(O)=C2\C(=O)C(=O)N(c3nc4ccccc4s3)C2c2ccc(N(C)C)cc2)c1. The molecule has 1 N–H and O–H groups in total. The third-order valence-corrected chi connectivity index (χ3v) is 7.53. The zero-order valence-electron chi connectivity index (χ0n) is 20.4. The molecule has 0 saturated carbocycles. The van der Waals surface area contributed by atoms with Crippen molar-refractivity contribution in [2.45, 2.75) is 13.0 Å². The highest BCUT2D eigenvalue weighted by atomic mass is 35.5. The molecule has 1 aromatic heterocycles. The van der Waals surface area contributed by atoms with Crippen LogP contribution >= 0.6 is 22.9 Å². The van der Waals surface area contributed by atoms with E-state index in [9.17, 15) is 14.7 Å². The molecule has 1 aliphatic rings. The van der Waals surface area contributed by atoms with Crippen LogP contribution in [-0.4, -0.2) is 42.5 Å². The highest BCUT2D eigenvalue weighted by Crippen LogP contribution is 2.45. The van der Waals surface area contributed by atoms with Crippen LogP contribution < -0.4 is 14.5 Å². The first-order chi connectivity index (χ1) is 17.8. The maximum atomic E-state index is 13.5. The fourth-order valence-electron chi connectivity index (χ4n) is 4.35. The molecule has 0 spiro atoms. The number of thiazole rings is 1. The predicted octanol–water partition coefficient (Wildman–Crippen LogP) is 6.04. The normalized spacial score (nSPS) is 17.0. The third kappa shape index (κ3) is 4.43. The number of ketones is 1. The minimum absolute atomic E-state index is 0.0580. The molecule has 5 rings (SSSR count). The first-order valence-electron chi connectivity index (χ1n) is 11.7. The molecule has 0 aliphatic carbocycles. The quantitative estimate of drug-likeness (QED) is 0.185. The summed E-state index contributed by atoms with van der Waals surface area (Å²) in [5.41, 5.74) is 2.48. The van der Waals surface area contributed by atoms with Crippen molar-refractivity contribution < 1.29 is 19.4 Å². The number of ether oxygens (including phenoxy) is 1. The van der Waals surface area contributed by atoms with Crippen molar-refractivity contribution in [1.82, 2.24) is 4.98 Å². The summed E-state index contributed by atoms with van der Waals surface area (Å²) in [5.74, 6) is -1.45. The molecule has 2 heterocycles. The van der Waals surface area contributed by atoms with E-state index in [-0.39, 0.29) is 21.9 Å². The largest absolute Gasteiger partial charge is 0.507 e. The molecule has 9 heteroatoms. The molecule has 1 unspecified atom stereocenters. The number of rotatable bonds is 6. The van der Waals surface area contributed by atoms with Crippen LogP contribution in [0, 0.1) is 0 Å². The molecule has 0 radical (unpaired) electrons. The van der Waals surface area contributed by atoms with Gasteiger partial charge in [0.2, 0.25) is 0 Å². The molecule has 188 valence electrons. The third-order valence-electron chi connectivity index (χ3n) is 6.16. The topological polar surface area (TPSA) is 83.0 Å². The van der Waals surface area contributed by atoms with Crippen molar-refractivity contribution in [1.29, 1.82) is 0 Å². The van der Waals surface area contributed by atoms with Crippen LogP contribution in [0.3, 0.4) is 0 Å². The molecule has 37 heavy (non-hydrogen) atoms. The number of carbonyl (C=O) groups is 2. The number of aromatic nitrogens is 1. The monoisotopic (exact) mass is 533 g/mol. The Bertz CT molecular complexity index is 1510. The highest BCUT2D eigenvalue weighted by molar-refractivity contribution is 7.22. The zero-order chi connectivity index (χ0) is 26.3. The Morgan fingerprint density at radius 2 is 1.84 bits per heavy atom.